The van der Waals surface area contributed by atoms with E-state index in [4.69, 9.17) is 0 Å². The Bertz CT molecular complexity index is 864. The first-order valence-electron chi connectivity index (χ1n) is 8.52. The van der Waals surface area contributed by atoms with E-state index >= 15 is 0 Å². The third kappa shape index (κ3) is 3.13. The number of hydrogen-bond donors (Lipinski definition) is 1. The standard InChI is InChI=1S/C21H21FN2/c22-19-14-18(20-6-10-23-21(20)15-19)9-13-24-11-7-17(8-12-24)16-4-2-1-3-5-16/h1-7,10,14-15,23H,8-9,11-13H2. The van der Waals surface area contributed by atoms with Crippen LogP contribution in [0, 0.1) is 5.82 Å². The Balaban J connectivity index is 1.42. The average Bonchev–Trinajstić information content (AvgIpc) is 3.09. The molecule has 0 unspecified atom stereocenters. The number of halogens is 1. The van der Waals surface area contributed by atoms with Crippen molar-refractivity contribution < 1.29 is 4.39 Å². The van der Waals surface area contributed by atoms with E-state index in [1.165, 1.54) is 11.1 Å². The molecule has 1 aromatic heterocycles. The van der Waals surface area contributed by atoms with Crippen molar-refractivity contribution in [2.24, 2.45) is 0 Å². The molecule has 1 aliphatic rings. The van der Waals surface area contributed by atoms with Crippen LogP contribution >= 0.6 is 0 Å². The topological polar surface area (TPSA) is 19.0 Å². The van der Waals surface area contributed by atoms with Crippen molar-refractivity contribution >= 4 is 16.5 Å². The molecule has 2 nitrogen and oxygen atoms in total. The Hall–Kier alpha value is -2.39. The summed E-state index contributed by atoms with van der Waals surface area (Å²) in [6.45, 7) is 2.99. The lowest BCUT2D eigenvalue weighted by Gasteiger charge is -2.26. The third-order valence-electron chi connectivity index (χ3n) is 4.85. The van der Waals surface area contributed by atoms with Crippen molar-refractivity contribution in [3.05, 3.63) is 77.7 Å². The summed E-state index contributed by atoms with van der Waals surface area (Å²) < 4.78 is 13.7. The molecule has 3 heteroatoms. The second kappa shape index (κ2) is 6.62. The lowest BCUT2D eigenvalue weighted by atomic mass is 9.99. The number of H-pyrrole nitrogens is 1. The molecule has 3 aromatic rings. The van der Waals surface area contributed by atoms with Gasteiger partial charge >= 0.3 is 0 Å². The van der Waals surface area contributed by atoms with E-state index in [1.807, 2.05) is 12.3 Å². The van der Waals surface area contributed by atoms with Gasteiger partial charge in [-0.15, -0.1) is 0 Å². The summed E-state index contributed by atoms with van der Waals surface area (Å²) in [4.78, 5) is 5.54. The number of aromatic nitrogens is 1. The molecule has 0 fully saturated rings. The van der Waals surface area contributed by atoms with Gasteiger partial charge in [0.25, 0.3) is 0 Å². The van der Waals surface area contributed by atoms with E-state index in [0.717, 1.165) is 48.9 Å². The fraction of sp³-hybridized carbons (Fsp3) is 0.238. The van der Waals surface area contributed by atoms with Crippen molar-refractivity contribution in [2.75, 3.05) is 19.6 Å². The third-order valence-corrected chi connectivity index (χ3v) is 4.85. The summed E-state index contributed by atoms with van der Waals surface area (Å²) in [6, 6.07) is 15.9. The lowest BCUT2D eigenvalue weighted by Crippen LogP contribution is -2.30. The van der Waals surface area contributed by atoms with E-state index in [9.17, 15) is 4.39 Å². The number of nitrogens with zero attached hydrogens (tertiary/aromatic N) is 1. The molecule has 4 rings (SSSR count). The van der Waals surface area contributed by atoms with Crippen LogP contribution in [0.1, 0.15) is 17.5 Å². The molecule has 2 aromatic carbocycles. The predicted octanol–water partition coefficient (Wildman–Crippen LogP) is 4.64. The molecule has 24 heavy (non-hydrogen) atoms. The van der Waals surface area contributed by atoms with Gasteiger partial charge in [-0.25, -0.2) is 4.39 Å². The maximum atomic E-state index is 13.7. The van der Waals surface area contributed by atoms with E-state index in [-0.39, 0.29) is 5.82 Å². The second-order valence-corrected chi connectivity index (χ2v) is 6.40. The van der Waals surface area contributed by atoms with Crippen LogP contribution in [-0.4, -0.2) is 29.5 Å². The van der Waals surface area contributed by atoms with Gasteiger partial charge in [0.1, 0.15) is 5.82 Å². The Morgan fingerprint density at radius 2 is 1.96 bits per heavy atom. The molecule has 0 radical (unpaired) electrons. The van der Waals surface area contributed by atoms with Gasteiger partial charge in [0.05, 0.1) is 0 Å². The van der Waals surface area contributed by atoms with Crippen LogP contribution in [0.3, 0.4) is 0 Å². The van der Waals surface area contributed by atoms with Gasteiger partial charge in [-0.3, -0.25) is 4.90 Å². The molecule has 122 valence electrons. The number of nitrogens with one attached hydrogen (secondary N) is 1. The van der Waals surface area contributed by atoms with Crippen LogP contribution in [-0.2, 0) is 6.42 Å². The minimum atomic E-state index is -0.162. The number of fused-ring (bicyclic) bond motifs is 1. The molecule has 0 aliphatic carbocycles. The highest BCUT2D eigenvalue weighted by atomic mass is 19.1. The SMILES string of the molecule is Fc1cc(CCN2CC=C(c3ccccc3)CC2)c2cc[nH]c2c1. The fourth-order valence-electron chi connectivity index (χ4n) is 3.52. The maximum Gasteiger partial charge on any atom is 0.125 e. The Morgan fingerprint density at radius 3 is 2.75 bits per heavy atom. The van der Waals surface area contributed by atoms with E-state index in [2.05, 4.69) is 46.3 Å². The van der Waals surface area contributed by atoms with Crippen LogP contribution in [0.25, 0.3) is 16.5 Å². The van der Waals surface area contributed by atoms with Crippen molar-refractivity contribution in [3.8, 4) is 0 Å². The average molecular weight is 320 g/mol. The van der Waals surface area contributed by atoms with Crippen LogP contribution in [0.15, 0.2) is 60.8 Å². The highest BCUT2D eigenvalue weighted by Crippen LogP contribution is 2.23. The Morgan fingerprint density at radius 1 is 1.08 bits per heavy atom. The first-order chi connectivity index (χ1) is 11.8. The highest BCUT2D eigenvalue weighted by molar-refractivity contribution is 5.83. The summed E-state index contributed by atoms with van der Waals surface area (Å²) in [7, 11) is 0. The zero-order chi connectivity index (χ0) is 16.4. The molecular weight excluding hydrogens is 299 g/mol. The molecule has 0 saturated carbocycles. The minimum Gasteiger partial charge on any atom is -0.361 e. The minimum absolute atomic E-state index is 0.162. The number of hydrogen-bond acceptors (Lipinski definition) is 1. The summed E-state index contributed by atoms with van der Waals surface area (Å²) in [6.07, 6.45) is 6.16. The summed E-state index contributed by atoms with van der Waals surface area (Å²) in [5.41, 5.74) is 4.74. The van der Waals surface area contributed by atoms with Crippen molar-refractivity contribution in [2.45, 2.75) is 12.8 Å². The smallest absolute Gasteiger partial charge is 0.125 e. The Labute approximate surface area is 141 Å². The number of rotatable bonds is 4. The molecule has 0 atom stereocenters. The maximum absolute atomic E-state index is 13.7. The van der Waals surface area contributed by atoms with Crippen molar-refractivity contribution in [1.29, 1.82) is 0 Å². The summed E-state index contributed by atoms with van der Waals surface area (Å²) in [5.74, 6) is -0.162. The van der Waals surface area contributed by atoms with Gasteiger partial charge < -0.3 is 4.98 Å². The fourth-order valence-corrected chi connectivity index (χ4v) is 3.52. The van der Waals surface area contributed by atoms with Crippen LogP contribution < -0.4 is 0 Å². The normalized spacial score (nSPS) is 15.6. The van der Waals surface area contributed by atoms with Crippen molar-refractivity contribution in [1.82, 2.24) is 9.88 Å². The van der Waals surface area contributed by atoms with Gasteiger partial charge in [0.15, 0.2) is 0 Å². The highest BCUT2D eigenvalue weighted by Gasteiger charge is 2.13. The zero-order valence-corrected chi connectivity index (χ0v) is 13.6. The van der Waals surface area contributed by atoms with Crippen LogP contribution in [0.2, 0.25) is 0 Å². The van der Waals surface area contributed by atoms with Gasteiger partial charge in [-0.2, -0.15) is 0 Å². The van der Waals surface area contributed by atoms with E-state index in [0.29, 0.717) is 0 Å². The number of aromatic amines is 1. The molecule has 2 heterocycles. The molecule has 0 saturated heterocycles. The van der Waals surface area contributed by atoms with Gasteiger partial charge in [-0.05, 0) is 47.7 Å². The monoisotopic (exact) mass is 320 g/mol. The molecule has 0 spiro atoms. The van der Waals surface area contributed by atoms with E-state index in [1.54, 1.807) is 12.1 Å². The molecule has 1 N–H and O–H groups in total. The quantitative estimate of drug-likeness (QED) is 0.742. The van der Waals surface area contributed by atoms with Gasteiger partial charge in [-0.1, -0.05) is 36.4 Å². The molecule has 0 bridgehead atoms. The zero-order valence-electron chi connectivity index (χ0n) is 13.6. The van der Waals surface area contributed by atoms with Crippen molar-refractivity contribution in [3.63, 3.8) is 0 Å². The lowest BCUT2D eigenvalue weighted by molar-refractivity contribution is 0.306. The predicted molar refractivity (Wildman–Crippen MR) is 97.4 cm³/mol. The molecule has 0 amide bonds. The summed E-state index contributed by atoms with van der Waals surface area (Å²) in [5, 5.41) is 1.13. The summed E-state index contributed by atoms with van der Waals surface area (Å²) >= 11 is 0. The van der Waals surface area contributed by atoms with E-state index < -0.39 is 0 Å². The largest absolute Gasteiger partial charge is 0.361 e. The van der Waals surface area contributed by atoms with Crippen LogP contribution in [0.4, 0.5) is 4.39 Å². The number of benzene rings is 2. The van der Waals surface area contributed by atoms with Crippen LogP contribution in [0.5, 0.6) is 0 Å². The second-order valence-electron chi connectivity index (χ2n) is 6.40. The first-order valence-corrected chi connectivity index (χ1v) is 8.52. The molecular formula is C21H21FN2. The van der Waals surface area contributed by atoms with Gasteiger partial charge in [0, 0.05) is 36.7 Å². The Kier molecular flexibility index (Phi) is 4.18. The first kappa shape index (κ1) is 15.2. The molecule has 1 aliphatic heterocycles. The van der Waals surface area contributed by atoms with Gasteiger partial charge in [0.2, 0.25) is 0 Å².